The molecule has 0 atom stereocenters. The fraction of sp³-hybridized carbons (Fsp3) is 0.118. The van der Waals surface area contributed by atoms with E-state index in [0.717, 1.165) is 50.6 Å². The number of furan rings is 1. The number of nitrogens with zero attached hydrogens (tertiary/aromatic N) is 3. The number of fused-ring (bicyclic) bond motifs is 6. The molecule has 0 unspecified atom stereocenters. The normalized spacial score (nSPS) is 13.0. The van der Waals surface area contributed by atoms with Crippen LogP contribution in [0.15, 0.2) is 235 Å². The first-order valence-electron chi connectivity index (χ1n) is 25.6. The number of hydrogen-bond acceptors (Lipinski definition) is 4. The molecule has 4 nitrogen and oxygen atoms in total. The fourth-order valence-electron chi connectivity index (χ4n) is 11.5. The zero-order valence-electron chi connectivity index (χ0n) is 42.3. The number of hydrogen-bond donors (Lipinski definition) is 0. The summed E-state index contributed by atoms with van der Waals surface area (Å²) in [4.78, 5) is 7.53. The third-order valence-corrected chi connectivity index (χ3v) is 15.2. The molecule has 13 rings (SSSR count). The van der Waals surface area contributed by atoms with Crippen LogP contribution in [0, 0.1) is 0 Å². The molecular formula is C68H56BN3O. The Morgan fingerprint density at radius 2 is 0.973 bits per heavy atom. The largest absolute Gasteiger partial charge is 0.471 e. The molecule has 5 heteroatoms. The average molecular weight is 942 g/mol. The van der Waals surface area contributed by atoms with E-state index in [9.17, 15) is 0 Å². The van der Waals surface area contributed by atoms with Crippen molar-refractivity contribution in [2.75, 3.05) is 14.7 Å². The van der Waals surface area contributed by atoms with E-state index < -0.39 is 0 Å². The Morgan fingerprint density at radius 1 is 0.397 bits per heavy atom. The zero-order chi connectivity index (χ0) is 49.6. The molecule has 11 aromatic rings. The minimum absolute atomic E-state index is 0.0598. The minimum Gasteiger partial charge on any atom is -0.471 e. The standard InChI is InChI=1S/C68H56BN3O/c1-67(2,3)50-32-35-61(58(39-50)46-20-10-7-11-21-46)70(54-29-18-24-47(36-54)57-31-19-23-45-22-16-17-30-56(45)57)55-33-34-59-63(42-55)72(53-27-14-9-15-28-53)65-41-51(68(4,5)6)40-64-66(65)69(59)60-37-48-43-73-44-49(48)38-62(60)71(64)52-25-12-8-13-26-52/h7-44H,1-6H3. The lowest BCUT2D eigenvalue weighted by Gasteiger charge is -2.45. The Kier molecular flexibility index (Phi) is 10.4. The lowest BCUT2D eigenvalue weighted by molar-refractivity contribution is 0.572. The second-order valence-electron chi connectivity index (χ2n) is 21.9. The van der Waals surface area contributed by atoms with Crippen molar-refractivity contribution in [2.24, 2.45) is 0 Å². The third-order valence-electron chi connectivity index (χ3n) is 15.2. The lowest BCUT2D eigenvalue weighted by atomic mass is 9.33. The maximum absolute atomic E-state index is 5.94. The molecule has 2 aliphatic heterocycles. The van der Waals surface area contributed by atoms with Crippen LogP contribution in [-0.2, 0) is 10.8 Å². The Bertz CT molecular complexity index is 3900. The Labute approximate surface area is 429 Å². The van der Waals surface area contributed by atoms with Crippen LogP contribution in [0.3, 0.4) is 0 Å². The van der Waals surface area contributed by atoms with Crippen molar-refractivity contribution < 1.29 is 4.42 Å². The van der Waals surface area contributed by atoms with E-state index in [-0.39, 0.29) is 17.5 Å². The molecule has 0 radical (unpaired) electrons. The molecule has 0 saturated heterocycles. The van der Waals surface area contributed by atoms with Crippen molar-refractivity contribution in [1.82, 2.24) is 0 Å². The van der Waals surface area contributed by atoms with Crippen molar-refractivity contribution in [3.63, 3.8) is 0 Å². The Balaban J connectivity index is 1.11. The van der Waals surface area contributed by atoms with Gasteiger partial charge in [0, 0.05) is 61.8 Å². The van der Waals surface area contributed by atoms with Crippen molar-refractivity contribution in [1.29, 1.82) is 0 Å². The van der Waals surface area contributed by atoms with Gasteiger partial charge in [-0.05, 0) is 145 Å². The molecule has 73 heavy (non-hydrogen) atoms. The summed E-state index contributed by atoms with van der Waals surface area (Å²) in [5.74, 6) is 0. The van der Waals surface area contributed by atoms with Gasteiger partial charge in [-0.3, -0.25) is 0 Å². The van der Waals surface area contributed by atoms with Gasteiger partial charge in [0.2, 0.25) is 0 Å². The van der Waals surface area contributed by atoms with Gasteiger partial charge in [0.05, 0.1) is 18.2 Å². The fourth-order valence-corrected chi connectivity index (χ4v) is 11.5. The number of para-hydroxylation sites is 2. The van der Waals surface area contributed by atoms with Crippen LogP contribution < -0.4 is 31.1 Å². The maximum Gasteiger partial charge on any atom is 0.252 e. The van der Waals surface area contributed by atoms with Crippen LogP contribution in [0.2, 0.25) is 0 Å². The lowest BCUT2D eigenvalue weighted by Crippen LogP contribution is -2.61. The van der Waals surface area contributed by atoms with Gasteiger partial charge in [0.25, 0.3) is 6.71 Å². The van der Waals surface area contributed by atoms with Crippen molar-refractivity contribution in [2.45, 2.75) is 52.4 Å². The number of benzene rings is 10. The van der Waals surface area contributed by atoms with Gasteiger partial charge in [-0.15, -0.1) is 0 Å². The smallest absolute Gasteiger partial charge is 0.252 e. The van der Waals surface area contributed by atoms with Gasteiger partial charge >= 0.3 is 0 Å². The van der Waals surface area contributed by atoms with Crippen LogP contribution in [0.4, 0.5) is 51.2 Å². The summed E-state index contributed by atoms with van der Waals surface area (Å²) in [6.07, 6.45) is 3.77. The summed E-state index contributed by atoms with van der Waals surface area (Å²) in [7, 11) is 0. The first-order chi connectivity index (χ1) is 35.5. The van der Waals surface area contributed by atoms with Crippen LogP contribution in [-0.4, -0.2) is 6.71 Å². The van der Waals surface area contributed by atoms with Crippen molar-refractivity contribution in [3.05, 3.63) is 242 Å². The molecule has 3 heterocycles. The van der Waals surface area contributed by atoms with Gasteiger partial charge in [-0.1, -0.05) is 181 Å². The highest BCUT2D eigenvalue weighted by Gasteiger charge is 2.44. The molecular weight excluding hydrogens is 886 g/mol. The van der Waals surface area contributed by atoms with Gasteiger partial charge < -0.3 is 19.1 Å². The molecule has 0 amide bonds. The highest BCUT2D eigenvalue weighted by Crippen LogP contribution is 2.50. The average Bonchev–Trinajstić information content (AvgIpc) is 3.88. The van der Waals surface area contributed by atoms with E-state index >= 15 is 0 Å². The number of anilines is 9. The van der Waals surface area contributed by atoms with E-state index in [0.29, 0.717) is 0 Å². The van der Waals surface area contributed by atoms with Crippen LogP contribution in [0.1, 0.15) is 52.7 Å². The summed E-state index contributed by atoms with van der Waals surface area (Å²) >= 11 is 0. The molecule has 0 bridgehead atoms. The van der Waals surface area contributed by atoms with E-state index in [1.54, 1.807) is 0 Å². The summed E-state index contributed by atoms with van der Waals surface area (Å²) in [5.41, 5.74) is 21.0. The van der Waals surface area contributed by atoms with E-state index in [4.69, 9.17) is 4.42 Å². The van der Waals surface area contributed by atoms with Crippen LogP contribution >= 0.6 is 0 Å². The molecule has 0 aliphatic carbocycles. The van der Waals surface area contributed by atoms with Crippen molar-refractivity contribution in [3.8, 4) is 22.3 Å². The minimum atomic E-state index is -0.151. The van der Waals surface area contributed by atoms with Gasteiger partial charge in [0.15, 0.2) is 0 Å². The molecule has 10 aromatic carbocycles. The first kappa shape index (κ1) is 44.4. The Hall–Kier alpha value is -8.54. The van der Waals surface area contributed by atoms with E-state index in [2.05, 4.69) is 275 Å². The zero-order valence-corrected chi connectivity index (χ0v) is 42.3. The van der Waals surface area contributed by atoms with Crippen LogP contribution in [0.5, 0.6) is 0 Å². The van der Waals surface area contributed by atoms with E-state index in [1.807, 2.05) is 12.5 Å². The van der Waals surface area contributed by atoms with Gasteiger partial charge in [-0.2, -0.15) is 0 Å². The highest BCUT2D eigenvalue weighted by molar-refractivity contribution is 7.00. The third kappa shape index (κ3) is 7.53. The SMILES string of the molecule is CC(C)(C)c1ccc(N(c2cccc(-c3cccc4ccccc34)c2)c2ccc3c(c2)N(c2ccccc2)c2cc(C(C)(C)C)cc4c2B3c2cc3cocc3cc2N4c2ccccc2)c(-c2ccccc2)c1. The predicted octanol–water partition coefficient (Wildman–Crippen LogP) is 17.1. The van der Waals surface area contributed by atoms with Crippen LogP contribution in [0.25, 0.3) is 43.8 Å². The molecule has 0 saturated carbocycles. The molecule has 1 aromatic heterocycles. The van der Waals surface area contributed by atoms with Crippen molar-refractivity contribution >= 4 is 95.8 Å². The van der Waals surface area contributed by atoms with E-state index in [1.165, 1.54) is 71.9 Å². The second-order valence-corrected chi connectivity index (χ2v) is 21.9. The quantitative estimate of drug-likeness (QED) is 0.149. The molecule has 352 valence electrons. The Morgan fingerprint density at radius 3 is 1.66 bits per heavy atom. The summed E-state index contributed by atoms with van der Waals surface area (Å²) < 4.78 is 5.94. The topological polar surface area (TPSA) is 22.9 Å². The second kappa shape index (κ2) is 17.1. The molecule has 2 aliphatic rings. The maximum atomic E-state index is 5.94. The van der Waals surface area contributed by atoms with Gasteiger partial charge in [0.1, 0.15) is 0 Å². The summed E-state index contributed by atoms with van der Waals surface area (Å²) in [6.45, 7) is 13.8. The van der Waals surface area contributed by atoms with Gasteiger partial charge in [-0.25, -0.2) is 0 Å². The number of rotatable bonds is 7. The summed E-state index contributed by atoms with van der Waals surface area (Å²) in [6, 6.07) is 81.2. The molecule has 0 fully saturated rings. The predicted molar refractivity (Wildman–Crippen MR) is 311 cm³/mol. The summed E-state index contributed by atoms with van der Waals surface area (Å²) in [5, 5.41) is 4.64. The molecule has 0 spiro atoms. The molecule has 0 N–H and O–H groups in total. The highest BCUT2D eigenvalue weighted by atomic mass is 16.3. The first-order valence-corrected chi connectivity index (χ1v) is 25.6. The monoisotopic (exact) mass is 941 g/mol.